The third-order valence-corrected chi connectivity index (χ3v) is 2.98. The highest BCUT2D eigenvalue weighted by Gasteiger charge is 2.14. The molecular formula is C15H22N2. The van der Waals surface area contributed by atoms with Crippen LogP contribution in [0.4, 0.5) is 0 Å². The standard InChI is InChI=1S/C15H22N2/c1-7-8-11(3)16-13(5)15-10(2)9-12(4)17-14(15)6/h1,9,11,13,16H,8H2,2-6H3. The van der Waals surface area contributed by atoms with Crippen LogP contribution in [0.15, 0.2) is 6.07 Å². The number of nitrogens with zero attached hydrogens (tertiary/aromatic N) is 1. The van der Waals surface area contributed by atoms with Gasteiger partial charge in [0, 0.05) is 29.9 Å². The molecule has 0 spiro atoms. The fourth-order valence-electron chi connectivity index (χ4n) is 2.43. The van der Waals surface area contributed by atoms with Gasteiger partial charge < -0.3 is 5.32 Å². The van der Waals surface area contributed by atoms with Gasteiger partial charge >= 0.3 is 0 Å². The van der Waals surface area contributed by atoms with Crippen molar-refractivity contribution >= 4 is 0 Å². The van der Waals surface area contributed by atoms with Crippen molar-refractivity contribution in [2.45, 2.75) is 53.1 Å². The SMILES string of the molecule is C#CCC(C)NC(C)c1c(C)cc(C)nc1C. The summed E-state index contributed by atoms with van der Waals surface area (Å²) < 4.78 is 0. The predicted molar refractivity (Wildman–Crippen MR) is 72.9 cm³/mol. The van der Waals surface area contributed by atoms with Crippen molar-refractivity contribution in [3.63, 3.8) is 0 Å². The summed E-state index contributed by atoms with van der Waals surface area (Å²) in [4.78, 5) is 4.53. The first kappa shape index (κ1) is 13.7. The Hall–Kier alpha value is -1.33. The highest BCUT2D eigenvalue weighted by Crippen LogP contribution is 2.21. The fraction of sp³-hybridized carbons (Fsp3) is 0.533. The molecule has 2 nitrogen and oxygen atoms in total. The molecule has 1 N–H and O–H groups in total. The molecule has 1 aromatic rings. The van der Waals surface area contributed by atoms with Gasteiger partial charge in [-0.1, -0.05) is 0 Å². The van der Waals surface area contributed by atoms with Crippen molar-refractivity contribution in [1.29, 1.82) is 0 Å². The van der Waals surface area contributed by atoms with E-state index in [1.807, 2.05) is 6.92 Å². The topological polar surface area (TPSA) is 24.9 Å². The van der Waals surface area contributed by atoms with E-state index in [1.54, 1.807) is 0 Å². The Labute approximate surface area is 105 Å². The fourth-order valence-corrected chi connectivity index (χ4v) is 2.43. The number of aryl methyl sites for hydroxylation is 3. The third kappa shape index (κ3) is 3.57. The molecule has 17 heavy (non-hydrogen) atoms. The van der Waals surface area contributed by atoms with Gasteiger partial charge in [-0.25, -0.2) is 0 Å². The van der Waals surface area contributed by atoms with Crippen LogP contribution in [-0.2, 0) is 0 Å². The second-order valence-electron chi connectivity index (χ2n) is 4.78. The highest BCUT2D eigenvalue weighted by molar-refractivity contribution is 5.33. The minimum absolute atomic E-state index is 0.284. The molecule has 0 amide bonds. The van der Waals surface area contributed by atoms with Crippen LogP contribution in [0.5, 0.6) is 0 Å². The summed E-state index contributed by atoms with van der Waals surface area (Å²) in [5.41, 5.74) is 4.77. The van der Waals surface area contributed by atoms with E-state index in [9.17, 15) is 0 Å². The number of aromatic nitrogens is 1. The van der Waals surface area contributed by atoms with Crippen LogP contribution in [0.2, 0.25) is 0 Å². The molecule has 0 saturated heterocycles. The number of rotatable bonds is 4. The molecule has 0 saturated carbocycles. The van der Waals surface area contributed by atoms with Crippen LogP contribution in [0.3, 0.4) is 0 Å². The molecule has 0 radical (unpaired) electrons. The molecule has 0 aliphatic carbocycles. The first-order chi connectivity index (χ1) is 7.95. The lowest BCUT2D eigenvalue weighted by Gasteiger charge is -2.22. The van der Waals surface area contributed by atoms with E-state index in [4.69, 9.17) is 6.42 Å². The Morgan fingerprint density at radius 2 is 2.00 bits per heavy atom. The average Bonchev–Trinajstić information content (AvgIpc) is 2.15. The van der Waals surface area contributed by atoms with Gasteiger partial charge in [0.25, 0.3) is 0 Å². The van der Waals surface area contributed by atoms with E-state index >= 15 is 0 Å². The van der Waals surface area contributed by atoms with Crippen LogP contribution < -0.4 is 5.32 Å². The van der Waals surface area contributed by atoms with Crippen molar-refractivity contribution in [2.24, 2.45) is 0 Å². The Bertz CT molecular complexity index is 406. The van der Waals surface area contributed by atoms with E-state index in [2.05, 4.69) is 50.0 Å². The van der Waals surface area contributed by atoms with E-state index in [0.717, 1.165) is 17.8 Å². The average molecular weight is 230 g/mol. The molecule has 0 aliphatic heterocycles. The summed E-state index contributed by atoms with van der Waals surface area (Å²) in [5.74, 6) is 2.68. The summed E-state index contributed by atoms with van der Waals surface area (Å²) in [6.45, 7) is 10.5. The van der Waals surface area contributed by atoms with Crippen LogP contribution in [0, 0.1) is 33.1 Å². The molecule has 1 aromatic heterocycles. The first-order valence-electron chi connectivity index (χ1n) is 6.10. The van der Waals surface area contributed by atoms with E-state index in [1.165, 1.54) is 11.1 Å². The number of pyridine rings is 1. The number of nitrogens with one attached hydrogen (secondary N) is 1. The number of hydrogen-bond acceptors (Lipinski definition) is 2. The van der Waals surface area contributed by atoms with Gasteiger partial charge in [-0.05, 0) is 51.8 Å². The summed E-state index contributed by atoms with van der Waals surface area (Å²) >= 11 is 0. The van der Waals surface area contributed by atoms with Crippen molar-refractivity contribution in [3.05, 3.63) is 28.6 Å². The number of terminal acetylenes is 1. The lowest BCUT2D eigenvalue weighted by atomic mass is 9.99. The molecule has 2 heteroatoms. The molecule has 92 valence electrons. The Balaban J connectivity index is 2.89. The Morgan fingerprint density at radius 1 is 1.35 bits per heavy atom. The molecule has 0 bridgehead atoms. The monoisotopic (exact) mass is 230 g/mol. The van der Waals surface area contributed by atoms with Crippen molar-refractivity contribution in [1.82, 2.24) is 10.3 Å². The van der Waals surface area contributed by atoms with Gasteiger partial charge in [0.15, 0.2) is 0 Å². The normalized spacial score (nSPS) is 14.1. The van der Waals surface area contributed by atoms with Crippen LogP contribution in [0.25, 0.3) is 0 Å². The molecule has 1 heterocycles. The van der Waals surface area contributed by atoms with Crippen LogP contribution in [-0.4, -0.2) is 11.0 Å². The van der Waals surface area contributed by atoms with Gasteiger partial charge in [0.05, 0.1) is 0 Å². The zero-order valence-corrected chi connectivity index (χ0v) is 11.5. The molecule has 2 unspecified atom stereocenters. The van der Waals surface area contributed by atoms with Crippen LogP contribution >= 0.6 is 0 Å². The smallest absolute Gasteiger partial charge is 0.0426 e. The summed E-state index contributed by atoms with van der Waals surface area (Å²) in [6, 6.07) is 2.74. The molecule has 1 rings (SSSR count). The molecule has 0 fully saturated rings. The zero-order chi connectivity index (χ0) is 13.0. The highest BCUT2D eigenvalue weighted by atomic mass is 14.9. The second-order valence-corrected chi connectivity index (χ2v) is 4.78. The third-order valence-electron chi connectivity index (χ3n) is 2.98. The summed E-state index contributed by atoms with van der Waals surface area (Å²) in [5, 5.41) is 3.52. The maximum absolute atomic E-state index is 5.32. The second kappa shape index (κ2) is 5.84. The van der Waals surface area contributed by atoms with Gasteiger partial charge in [0.2, 0.25) is 0 Å². The number of hydrogen-bond donors (Lipinski definition) is 1. The minimum Gasteiger partial charge on any atom is -0.307 e. The first-order valence-corrected chi connectivity index (χ1v) is 6.10. The van der Waals surface area contributed by atoms with Gasteiger partial charge in [-0.3, -0.25) is 4.98 Å². The molecule has 0 aromatic carbocycles. The Morgan fingerprint density at radius 3 is 2.53 bits per heavy atom. The van der Waals surface area contributed by atoms with Gasteiger partial charge in [0.1, 0.15) is 0 Å². The largest absolute Gasteiger partial charge is 0.307 e. The molecule has 2 atom stereocenters. The quantitative estimate of drug-likeness (QED) is 0.804. The molecule has 0 aliphatic rings. The molecular weight excluding hydrogens is 208 g/mol. The lowest BCUT2D eigenvalue weighted by molar-refractivity contribution is 0.482. The summed E-state index contributed by atoms with van der Waals surface area (Å²) in [7, 11) is 0. The van der Waals surface area contributed by atoms with Crippen molar-refractivity contribution in [2.75, 3.05) is 0 Å². The maximum atomic E-state index is 5.32. The van der Waals surface area contributed by atoms with Gasteiger partial charge in [-0.2, -0.15) is 0 Å². The van der Waals surface area contributed by atoms with E-state index in [0.29, 0.717) is 6.04 Å². The maximum Gasteiger partial charge on any atom is 0.0426 e. The predicted octanol–water partition coefficient (Wildman–Crippen LogP) is 3.07. The summed E-state index contributed by atoms with van der Waals surface area (Å²) in [6.07, 6.45) is 6.07. The minimum atomic E-state index is 0.284. The lowest BCUT2D eigenvalue weighted by Crippen LogP contribution is -2.29. The zero-order valence-electron chi connectivity index (χ0n) is 11.5. The van der Waals surface area contributed by atoms with E-state index in [-0.39, 0.29) is 6.04 Å². The van der Waals surface area contributed by atoms with Crippen molar-refractivity contribution < 1.29 is 0 Å². The van der Waals surface area contributed by atoms with Gasteiger partial charge in [-0.15, -0.1) is 12.3 Å². The van der Waals surface area contributed by atoms with Crippen molar-refractivity contribution in [3.8, 4) is 12.3 Å². The Kier molecular flexibility index (Phi) is 4.72. The van der Waals surface area contributed by atoms with E-state index < -0.39 is 0 Å². The van der Waals surface area contributed by atoms with Crippen LogP contribution in [0.1, 0.15) is 48.8 Å².